The first kappa shape index (κ1) is 18.1. The average molecular weight is 340 g/mol. The first-order chi connectivity index (χ1) is 12.1. The summed E-state index contributed by atoms with van der Waals surface area (Å²) < 4.78 is 10.5. The quantitative estimate of drug-likeness (QED) is 0.808. The summed E-state index contributed by atoms with van der Waals surface area (Å²) in [7, 11) is 1.44. The van der Waals surface area contributed by atoms with Gasteiger partial charge in [-0.25, -0.2) is 0 Å². The van der Waals surface area contributed by atoms with Crippen LogP contribution in [-0.2, 0) is 11.2 Å². The number of aromatic hydroxyl groups is 1. The number of nitriles is 1. The number of carbonyl (C=O) groups excluding carboxylic acids is 1. The van der Waals surface area contributed by atoms with Gasteiger partial charge in [-0.05, 0) is 43.2 Å². The monoisotopic (exact) mass is 340 g/mol. The fourth-order valence-corrected chi connectivity index (χ4v) is 2.35. The normalized spacial score (nSPS) is 11.2. The highest BCUT2D eigenvalue weighted by Crippen LogP contribution is 2.28. The van der Waals surface area contributed by atoms with E-state index < -0.39 is 11.8 Å². The summed E-state index contributed by atoms with van der Waals surface area (Å²) in [5, 5.41) is 21.7. The van der Waals surface area contributed by atoms with E-state index in [4.69, 9.17) is 9.47 Å². The fraction of sp³-hybridized carbons (Fsp3) is 0.263. The van der Waals surface area contributed by atoms with E-state index in [0.717, 1.165) is 5.56 Å². The van der Waals surface area contributed by atoms with Crippen molar-refractivity contribution < 1.29 is 19.4 Å². The van der Waals surface area contributed by atoms with E-state index in [-0.39, 0.29) is 12.2 Å². The molecule has 0 saturated heterocycles. The lowest BCUT2D eigenvalue weighted by atomic mass is 9.99. The highest BCUT2D eigenvalue weighted by Gasteiger charge is 2.20. The minimum absolute atomic E-state index is 0.00912. The Hall–Kier alpha value is -3.20. The van der Waals surface area contributed by atoms with Gasteiger partial charge in [0.15, 0.2) is 11.5 Å². The van der Waals surface area contributed by atoms with E-state index in [1.165, 1.54) is 13.2 Å². The lowest BCUT2D eigenvalue weighted by Crippen LogP contribution is -2.23. The van der Waals surface area contributed by atoms with Crippen molar-refractivity contribution in [2.45, 2.75) is 13.3 Å². The predicted molar refractivity (Wildman–Crippen MR) is 93.7 cm³/mol. The van der Waals surface area contributed by atoms with Crippen LogP contribution in [0.3, 0.4) is 0 Å². The van der Waals surface area contributed by atoms with Gasteiger partial charge in [0.1, 0.15) is 11.7 Å². The summed E-state index contributed by atoms with van der Waals surface area (Å²) in [6.45, 7) is 2.33. The largest absolute Gasteiger partial charge is 0.504 e. The molecule has 1 unspecified atom stereocenters. The Labute approximate surface area is 146 Å². The molecule has 0 spiro atoms. The fourth-order valence-electron chi connectivity index (χ4n) is 2.35. The Bertz CT molecular complexity index is 783. The third-order valence-corrected chi connectivity index (χ3v) is 3.60. The number of ether oxygens (including phenoxy) is 2. The number of carbonyl (C=O) groups is 1. The van der Waals surface area contributed by atoms with Gasteiger partial charge < -0.3 is 19.9 Å². The Morgan fingerprint density at radius 3 is 2.72 bits per heavy atom. The van der Waals surface area contributed by atoms with Gasteiger partial charge in [-0.15, -0.1) is 0 Å². The minimum atomic E-state index is -0.885. The van der Waals surface area contributed by atoms with Crippen LogP contribution in [0.4, 0.5) is 5.69 Å². The van der Waals surface area contributed by atoms with Crippen LogP contribution in [0.5, 0.6) is 17.2 Å². The summed E-state index contributed by atoms with van der Waals surface area (Å²) in [5.74, 6) is -0.432. The summed E-state index contributed by atoms with van der Waals surface area (Å²) in [4.78, 5) is 12.5. The molecular formula is C19H20N2O4. The molecule has 0 fully saturated rings. The number of methoxy groups -OCH3 is 1. The number of amides is 1. The molecule has 2 aromatic carbocycles. The lowest BCUT2D eigenvalue weighted by Gasteiger charge is -2.14. The molecule has 0 aliphatic carbocycles. The smallest absolute Gasteiger partial charge is 0.242 e. The van der Waals surface area contributed by atoms with E-state index >= 15 is 0 Å². The third-order valence-electron chi connectivity index (χ3n) is 3.60. The number of hydrogen-bond acceptors (Lipinski definition) is 5. The summed E-state index contributed by atoms with van der Waals surface area (Å²) in [5.41, 5.74) is 1.24. The number of hydrogen-bond donors (Lipinski definition) is 2. The molecule has 0 aromatic heterocycles. The Morgan fingerprint density at radius 2 is 2.04 bits per heavy atom. The molecule has 25 heavy (non-hydrogen) atoms. The Morgan fingerprint density at radius 1 is 1.28 bits per heavy atom. The summed E-state index contributed by atoms with van der Waals surface area (Å²) in [6, 6.07) is 13.8. The highest BCUT2D eigenvalue weighted by atomic mass is 16.5. The lowest BCUT2D eigenvalue weighted by molar-refractivity contribution is -0.118. The number of para-hydroxylation sites is 2. The molecule has 0 aliphatic rings. The van der Waals surface area contributed by atoms with Crippen molar-refractivity contribution in [2.24, 2.45) is 5.92 Å². The maximum Gasteiger partial charge on any atom is 0.242 e. The van der Waals surface area contributed by atoms with Gasteiger partial charge in [0.05, 0.1) is 25.5 Å². The number of rotatable bonds is 7. The van der Waals surface area contributed by atoms with Crippen molar-refractivity contribution in [3.63, 3.8) is 0 Å². The highest BCUT2D eigenvalue weighted by molar-refractivity contribution is 5.95. The molecule has 6 nitrogen and oxygen atoms in total. The zero-order valence-corrected chi connectivity index (χ0v) is 14.2. The van der Waals surface area contributed by atoms with Gasteiger partial charge >= 0.3 is 0 Å². The second-order valence-electron chi connectivity index (χ2n) is 5.31. The maximum atomic E-state index is 12.5. The minimum Gasteiger partial charge on any atom is -0.504 e. The van der Waals surface area contributed by atoms with Crippen molar-refractivity contribution in [1.29, 1.82) is 5.26 Å². The van der Waals surface area contributed by atoms with Crippen LogP contribution >= 0.6 is 0 Å². The van der Waals surface area contributed by atoms with Gasteiger partial charge in [-0.1, -0.05) is 18.2 Å². The van der Waals surface area contributed by atoms with Gasteiger partial charge in [0.2, 0.25) is 5.91 Å². The van der Waals surface area contributed by atoms with Crippen LogP contribution in [0.25, 0.3) is 0 Å². The zero-order chi connectivity index (χ0) is 18.2. The van der Waals surface area contributed by atoms with Crippen LogP contribution < -0.4 is 14.8 Å². The standard InChI is InChI=1S/C19H20N2O4/c1-3-25-17-7-5-4-6-15(17)21-19(23)14(12-20)10-13-8-9-16(22)18(11-13)24-2/h4-9,11,14,22H,3,10H2,1-2H3,(H,21,23). The van der Waals surface area contributed by atoms with Crippen LogP contribution in [0.1, 0.15) is 12.5 Å². The van der Waals surface area contributed by atoms with E-state index in [1.807, 2.05) is 19.1 Å². The molecule has 2 rings (SSSR count). The van der Waals surface area contributed by atoms with Crippen LogP contribution in [0, 0.1) is 17.2 Å². The number of anilines is 1. The molecule has 6 heteroatoms. The number of benzene rings is 2. The van der Waals surface area contributed by atoms with E-state index in [9.17, 15) is 15.2 Å². The molecule has 0 bridgehead atoms. The van der Waals surface area contributed by atoms with Crippen LogP contribution in [0.2, 0.25) is 0 Å². The van der Waals surface area contributed by atoms with E-state index in [2.05, 4.69) is 5.32 Å². The number of phenols is 1. The first-order valence-corrected chi connectivity index (χ1v) is 7.87. The van der Waals surface area contributed by atoms with Gasteiger partial charge in [0, 0.05) is 0 Å². The molecule has 0 saturated carbocycles. The third kappa shape index (κ3) is 4.64. The van der Waals surface area contributed by atoms with E-state index in [0.29, 0.717) is 23.8 Å². The number of nitrogens with one attached hydrogen (secondary N) is 1. The number of phenolic OH excluding ortho intramolecular Hbond substituents is 1. The van der Waals surface area contributed by atoms with Crippen LogP contribution in [0.15, 0.2) is 42.5 Å². The molecule has 130 valence electrons. The molecule has 2 aromatic rings. The second kappa shape index (κ2) is 8.60. The molecule has 0 heterocycles. The number of nitrogens with zero attached hydrogens (tertiary/aromatic N) is 1. The second-order valence-corrected chi connectivity index (χ2v) is 5.31. The van der Waals surface area contributed by atoms with Crippen molar-refractivity contribution in [3.8, 4) is 23.3 Å². The van der Waals surface area contributed by atoms with Gasteiger partial charge in [0.25, 0.3) is 0 Å². The molecule has 2 N–H and O–H groups in total. The van der Waals surface area contributed by atoms with Crippen molar-refractivity contribution in [1.82, 2.24) is 0 Å². The van der Waals surface area contributed by atoms with Crippen molar-refractivity contribution in [3.05, 3.63) is 48.0 Å². The maximum absolute atomic E-state index is 12.5. The zero-order valence-electron chi connectivity index (χ0n) is 14.2. The van der Waals surface area contributed by atoms with Crippen molar-refractivity contribution >= 4 is 11.6 Å². The first-order valence-electron chi connectivity index (χ1n) is 7.87. The molecule has 1 atom stereocenters. The SMILES string of the molecule is CCOc1ccccc1NC(=O)C(C#N)Cc1ccc(O)c(OC)c1. The average Bonchev–Trinajstić information content (AvgIpc) is 2.62. The molecule has 1 amide bonds. The van der Waals surface area contributed by atoms with Gasteiger partial charge in [-0.2, -0.15) is 5.26 Å². The summed E-state index contributed by atoms with van der Waals surface area (Å²) in [6.07, 6.45) is 0.204. The Kier molecular flexibility index (Phi) is 6.24. The van der Waals surface area contributed by atoms with Gasteiger partial charge in [-0.3, -0.25) is 4.79 Å². The predicted octanol–water partition coefficient (Wildman–Crippen LogP) is 3.12. The van der Waals surface area contributed by atoms with Crippen molar-refractivity contribution in [2.75, 3.05) is 19.0 Å². The molecular weight excluding hydrogens is 320 g/mol. The topological polar surface area (TPSA) is 91.6 Å². The molecule has 0 radical (unpaired) electrons. The Balaban J connectivity index is 2.13. The summed E-state index contributed by atoms with van der Waals surface area (Å²) >= 11 is 0. The van der Waals surface area contributed by atoms with Crippen LogP contribution in [-0.4, -0.2) is 24.7 Å². The molecule has 0 aliphatic heterocycles. The van der Waals surface area contributed by atoms with E-state index in [1.54, 1.807) is 30.3 Å².